The summed E-state index contributed by atoms with van der Waals surface area (Å²) in [7, 11) is -3.15. The first kappa shape index (κ1) is 9.63. The molecule has 1 aliphatic heterocycles. The van der Waals surface area contributed by atoms with Crippen molar-refractivity contribution >= 4 is 16.3 Å². The number of hydrogen-bond donors (Lipinski definition) is 2. The molecule has 0 spiro atoms. The van der Waals surface area contributed by atoms with Crippen LogP contribution >= 0.6 is 0 Å². The second kappa shape index (κ2) is 3.51. The minimum Gasteiger partial charge on any atom is -0.306 e. The van der Waals surface area contributed by atoms with E-state index in [9.17, 15) is 13.2 Å². The van der Waals surface area contributed by atoms with Gasteiger partial charge in [0.2, 0.25) is 10.0 Å². The molecule has 0 aromatic rings. The first-order chi connectivity index (χ1) is 5.51. The van der Waals surface area contributed by atoms with Crippen molar-refractivity contribution in [1.82, 2.24) is 10.0 Å². The van der Waals surface area contributed by atoms with Gasteiger partial charge in [-0.1, -0.05) is 0 Å². The smallest absolute Gasteiger partial charge is 0.208 e. The van der Waals surface area contributed by atoms with Gasteiger partial charge in [0.05, 0.1) is 12.3 Å². The van der Waals surface area contributed by atoms with Gasteiger partial charge in [0, 0.05) is 12.6 Å². The number of carbonyl (C=O) groups excluding carboxylic acids is 1. The Morgan fingerprint density at radius 1 is 1.58 bits per heavy atom. The van der Waals surface area contributed by atoms with Crippen LogP contribution in [-0.4, -0.2) is 39.6 Å². The Kier molecular flexibility index (Phi) is 2.81. The number of carbonyl (C=O) groups is 1. The molecule has 70 valence electrons. The predicted molar refractivity (Wildman–Crippen MR) is 44.2 cm³/mol. The molecule has 0 saturated carbocycles. The predicted octanol–water partition coefficient (Wildman–Crippen LogP) is -1.53. The van der Waals surface area contributed by atoms with Crippen LogP contribution in [0.15, 0.2) is 0 Å². The largest absolute Gasteiger partial charge is 0.306 e. The molecule has 5 nitrogen and oxygen atoms in total. The molecular weight excluding hydrogens is 180 g/mol. The van der Waals surface area contributed by atoms with E-state index in [2.05, 4.69) is 10.0 Å². The van der Waals surface area contributed by atoms with Crippen LogP contribution in [0.5, 0.6) is 0 Å². The Labute approximate surface area is 71.6 Å². The topological polar surface area (TPSA) is 75.3 Å². The van der Waals surface area contributed by atoms with Crippen LogP contribution in [0.3, 0.4) is 0 Å². The van der Waals surface area contributed by atoms with Gasteiger partial charge in [0.1, 0.15) is 6.29 Å². The van der Waals surface area contributed by atoms with Gasteiger partial charge in [-0.3, -0.25) is 0 Å². The highest BCUT2D eigenvalue weighted by atomic mass is 32.2. The second-order valence-corrected chi connectivity index (χ2v) is 4.75. The summed E-state index contributed by atoms with van der Waals surface area (Å²) in [6, 6.07) is -0.348. The molecule has 6 heteroatoms. The third-order valence-corrected chi connectivity index (χ3v) is 2.47. The molecule has 0 bridgehead atoms. The maximum absolute atomic E-state index is 10.8. The lowest BCUT2D eigenvalue weighted by Gasteiger charge is -2.07. The highest BCUT2D eigenvalue weighted by Crippen LogP contribution is 2.04. The Bertz CT molecular complexity index is 262. The Morgan fingerprint density at radius 2 is 2.25 bits per heavy atom. The highest BCUT2D eigenvalue weighted by molar-refractivity contribution is 7.88. The minimum absolute atomic E-state index is 0.143. The van der Waals surface area contributed by atoms with Crippen molar-refractivity contribution in [3.8, 4) is 0 Å². The van der Waals surface area contributed by atoms with E-state index in [1.165, 1.54) is 0 Å². The second-order valence-electron chi connectivity index (χ2n) is 2.97. The molecule has 1 aliphatic rings. The number of aldehydes is 1. The average Bonchev–Trinajstić information content (AvgIpc) is 2.32. The fraction of sp³-hybridized carbons (Fsp3) is 0.833. The summed E-state index contributed by atoms with van der Waals surface area (Å²) < 4.78 is 23.9. The van der Waals surface area contributed by atoms with Crippen LogP contribution in [-0.2, 0) is 14.8 Å². The van der Waals surface area contributed by atoms with Crippen molar-refractivity contribution in [2.75, 3.05) is 12.8 Å². The van der Waals surface area contributed by atoms with Gasteiger partial charge < -0.3 is 10.1 Å². The Hall–Kier alpha value is -0.460. The minimum atomic E-state index is -3.15. The summed E-state index contributed by atoms with van der Waals surface area (Å²) in [5.74, 6) is 0. The molecular formula is C6H12N2O3S. The lowest BCUT2D eigenvalue weighted by Crippen LogP contribution is -2.35. The van der Waals surface area contributed by atoms with Crippen molar-refractivity contribution in [3.05, 3.63) is 0 Å². The van der Waals surface area contributed by atoms with E-state index in [0.717, 1.165) is 12.5 Å². The average molecular weight is 192 g/mol. The number of sulfonamides is 1. The Balaban J connectivity index is 2.43. The van der Waals surface area contributed by atoms with Crippen LogP contribution in [0.2, 0.25) is 0 Å². The van der Waals surface area contributed by atoms with Crippen LogP contribution in [0, 0.1) is 0 Å². The van der Waals surface area contributed by atoms with Crippen molar-refractivity contribution in [2.24, 2.45) is 0 Å². The fourth-order valence-corrected chi connectivity index (χ4v) is 2.05. The lowest BCUT2D eigenvalue weighted by atomic mass is 10.2. The van der Waals surface area contributed by atoms with Crippen molar-refractivity contribution < 1.29 is 13.2 Å². The van der Waals surface area contributed by atoms with E-state index in [0.29, 0.717) is 13.0 Å². The number of nitrogens with one attached hydrogen (secondary N) is 2. The third kappa shape index (κ3) is 2.88. The van der Waals surface area contributed by atoms with Gasteiger partial charge in [-0.05, 0) is 6.42 Å². The van der Waals surface area contributed by atoms with E-state index in [1.54, 1.807) is 0 Å². The standard InChI is InChI=1S/C6H12N2O3S/c1-12(10,11)8-5-2-6(4-9)7-3-5/h4-8H,2-3H2,1H3. The summed E-state index contributed by atoms with van der Waals surface area (Å²) in [6.07, 6.45) is 2.45. The molecule has 0 aromatic heterocycles. The van der Waals surface area contributed by atoms with E-state index in [4.69, 9.17) is 0 Å². The molecule has 2 N–H and O–H groups in total. The maximum atomic E-state index is 10.8. The van der Waals surface area contributed by atoms with Crippen LogP contribution in [0.4, 0.5) is 0 Å². The molecule has 0 radical (unpaired) electrons. The molecule has 12 heavy (non-hydrogen) atoms. The number of rotatable bonds is 3. The van der Waals surface area contributed by atoms with Gasteiger partial charge in [0.15, 0.2) is 0 Å². The zero-order valence-corrected chi connectivity index (χ0v) is 7.60. The molecule has 1 rings (SSSR count). The summed E-state index contributed by atoms with van der Waals surface area (Å²) in [5.41, 5.74) is 0. The third-order valence-electron chi connectivity index (χ3n) is 1.71. The van der Waals surface area contributed by atoms with E-state index >= 15 is 0 Å². The maximum Gasteiger partial charge on any atom is 0.208 e. The number of hydrogen-bond acceptors (Lipinski definition) is 4. The van der Waals surface area contributed by atoms with E-state index < -0.39 is 10.0 Å². The van der Waals surface area contributed by atoms with Gasteiger partial charge in [-0.15, -0.1) is 0 Å². The summed E-state index contributed by atoms with van der Waals surface area (Å²) in [6.45, 7) is 0.524. The molecule has 1 fully saturated rings. The first-order valence-corrected chi connectivity index (χ1v) is 5.56. The molecule has 1 saturated heterocycles. The monoisotopic (exact) mass is 192 g/mol. The first-order valence-electron chi connectivity index (χ1n) is 3.67. The Morgan fingerprint density at radius 3 is 2.67 bits per heavy atom. The van der Waals surface area contributed by atoms with Crippen LogP contribution in [0.25, 0.3) is 0 Å². The molecule has 0 aromatic carbocycles. The van der Waals surface area contributed by atoms with Gasteiger partial charge in [-0.25, -0.2) is 13.1 Å². The zero-order chi connectivity index (χ0) is 9.19. The molecule has 1 heterocycles. The fourth-order valence-electron chi connectivity index (χ4n) is 1.26. The van der Waals surface area contributed by atoms with Gasteiger partial charge in [0.25, 0.3) is 0 Å². The van der Waals surface area contributed by atoms with Crippen molar-refractivity contribution in [3.63, 3.8) is 0 Å². The summed E-state index contributed by atoms with van der Waals surface area (Å²) in [5, 5.41) is 2.88. The molecule has 2 unspecified atom stereocenters. The summed E-state index contributed by atoms with van der Waals surface area (Å²) >= 11 is 0. The van der Waals surface area contributed by atoms with Crippen molar-refractivity contribution in [2.45, 2.75) is 18.5 Å². The van der Waals surface area contributed by atoms with Crippen LogP contribution < -0.4 is 10.0 Å². The molecule has 0 amide bonds. The quantitative estimate of drug-likeness (QED) is 0.532. The van der Waals surface area contributed by atoms with Gasteiger partial charge in [-0.2, -0.15) is 0 Å². The molecule has 2 atom stereocenters. The van der Waals surface area contributed by atoms with E-state index in [1.807, 2.05) is 0 Å². The molecule has 0 aliphatic carbocycles. The van der Waals surface area contributed by atoms with Crippen molar-refractivity contribution in [1.29, 1.82) is 0 Å². The normalized spacial score (nSPS) is 30.4. The van der Waals surface area contributed by atoms with E-state index in [-0.39, 0.29) is 12.1 Å². The summed E-state index contributed by atoms with van der Waals surface area (Å²) in [4.78, 5) is 10.3. The SMILES string of the molecule is CS(=O)(=O)NC1CNC(C=O)C1. The lowest BCUT2D eigenvalue weighted by molar-refractivity contribution is -0.109. The van der Waals surface area contributed by atoms with Gasteiger partial charge >= 0.3 is 0 Å². The van der Waals surface area contributed by atoms with Crippen LogP contribution in [0.1, 0.15) is 6.42 Å². The highest BCUT2D eigenvalue weighted by Gasteiger charge is 2.25. The zero-order valence-electron chi connectivity index (χ0n) is 6.78.